The smallest absolute Gasteiger partial charge is 0.159 e. The molecule has 2 unspecified atom stereocenters. The number of allylic oxidation sites excluding steroid dienone is 4. The lowest BCUT2D eigenvalue weighted by Gasteiger charge is -2.69. The van der Waals surface area contributed by atoms with Gasteiger partial charge in [-0.3, -0.25) is 4.79 Å². The van der Waals surface area contributed by atoms with Gasteiger partial charge in [0.25, 0.3) is 0 Å². The third-order valence-corrected chi connectivity index (χ3v) is 12.1. The summed E-state index contributed by atoms with van der Waals surface area (Å²) in [6, 6.07) is 0. The van der Waals surface area contributed by atoms with Crippen molar-refractivity contribution in [3.63, 3.8) is 0 Å². The zero-order valence-corrected chi connectivity index (χ0v) is 21.0. The van der Waals surface area contributed by atoms with E-state index in [1.54, 1.807) is 5.57 Å². The van der Waals surface area contributed by atoms with Gasteiger partial charge in [0.05, 0.1) is 6.10 Å². The van der Waals surface area contributed by atoms with E-state index in [2.05, 4.69) is 54.5 Å². The molecule has 0 saturated heterocycles. The van der Waals surface area contributed by atoms with E-state index in [9.17, 15) is 9.90 Å². The Balaban J connectivity index is 1.62. The standard InChI is InChI=1S/C29H44O2/c1-17-16-21(30)19-10-14-28(6)20(25(19)18(17)2)8-9-23-27(5)13-12-24(31)26(3,4)22(27)11-15-29(23,28)7/h8,17-18,22-24,31H,9-16H2,1-7H3/t17-,18+,22?,23?,24+,27+,28-,29-/m1/s1. The Labute approximate surface area is 190 Å². The second-order valence-electron chi connectivity index (χ2n) is 13.4. The number of aliphatic hydroxyl groups is 1. The molecule has 0 aliphatic heterocycles. The fourth-order valence-electron chi connectivity index (χ4n) is 9.69. The minimum Gasteiger partial charge on any atom is -0.393 e. The number of rotatable bonds is 0. The molecule has 0 aromatic rings. The Kier molecular flexibility index (Phi) is 4.66. The van der Waals surface area contributed by atoms with Crippen LogP contribution in [0.3, 0.4) is 0 Å². The van der Waals surface area contributed by atoms with E-state index >= 15 is 0 Å². The van der Waals surface area contributed by atoms with Gasteiger partial charge in [0, 0.05) is 6.42 Å². The van der Waals surface area contributed by atoms with Crippen LogP contribution in [0.15, 0.2) is 22.8 Å². The monoisotopic (exact) mass is 424 g/mol. The molecule has 5 rings (SSSR count). The molecule has 0 heterocycles. The van der Waals surface area contributed by atoms with Gasteiger partial charge < -0.3 is 5.11 Å². The number of Topliss-reactive ketones (excluding diaryl/α,β-unsaturated/α-hetero) is 1. The highest BCUT2D eigenvalue weighted by Gasteiger charge is 2.66. The maximum atomic E-state index is 13.0. The molecule has 31 heavy (non-hydrogen) atoms. The van der Waals surface area contributed by atoms with E-state index in [4.69, 9.17) is 0 Å². The normalized spacial score (nSPS) is 51.3. The Morgan fingerprint density at radius 1 is 0.968 bits per heavy atom. The Hall–Kier alpha value is -0.890. The second-order valence-corrected chi connectivity index (χ2v) is 13.4. The van der Waals surface area contributed by atoms with E-state index in [1.807, 2.05) is 0 Å². The first-order valence-corrected chi connectivity index (χ1v) is 13.0. The minimum atomic E-state index is -0.168. The molecule has 2 nitrogen and oxygen atoms in total. The number of ketones is 1. The maximum Gasteiger partial charge on any atom is 0.159 e. The molecule has 2 heteroatoms. The third kappa shape index (κ3) is 2.58. The summed E-state index contributed by atoms with van der Waals surface area (Å²) in [5.74, 6) is 2.63. The molecule has 0 radical (unpaired) electrons. The van der Waals surface area contributed by atoms with E-state index in [0.717, 1.165) is 38.5 Å². The van der Waals surface area contributed by atoms with Gasteiger partial charge in [-0.2, -0.15) is 0 Å². The third-order valence-electron chi connectivity index (χ3n) is 12.1. The molecule has 2 saturated carbocycles. The summed E-state index contributed by atoms with van der Waals surface area (Å²) in [6.45, 7) is 17.0. The van der Waals surface area contributed by atoms with Crippen LogP contribution in [0.5, 0.6) is 0 Å². The Bertz CT molecular complexity index is 877. The fourth-order valence-corrected chi connectivity index (χ4v) is 9.69. The van der Waals surface area contributed by atoms with E-state index in [0.29, 0.717) is 29.5 Å². The van der Waals surface area contributed by atoms with Crippen molar-refractivity contribution in [1.29, 1.82) is 0 Å². The van der Waals surface area contributed by atoms with Crippen molar-refractivity contribution in [3.05, 3.63) is 22.8 Å². The molecule has 5 aliphatic rings. The van der Waals surface area contributed by atoms with Crippen LogP contribution in [-0.2, 0) is 4.79 Å². The SMILES string of the molecule is C[C@@H]1CC(=O)C2=C(C3=CCC4[C@@]5(C)CC[C@H](O)C(C)(C)C5CC[C@@]4(C)[C@]3(C)CC2)[C@H]1C. The summed E-state index contributed by atoms with van der Waals surface area (Å²) < 4.78 is 0. The molecule has 8 atom stereocenters. The minimum absolute atomic E-state index is 0.00121. The molecule has 1 N–H and O–H groups in total. The number of carbonyl (C=O) groups is 1. The van der Waals surface area contributed by atoms with Gasteiger partial charge in [0.15, 0.2) is 5.78 Å². The van der Waals surface area contributed by atoms with Crippen LogP contribution in [0.2, 0.25) is 0 Å². The lowest BCUT2D eigenvalue weighted by Crippen LogP contribution is -2.63. The van der Waals surface area contributed by atoms with Gasteiger partial charge in [-0.15, -0.1) is 0 Å². The van der Waals surface area contributed by atoms with Crippen molar-refractivity contribution in [3.8, 4) is 0 Å². The molecule has 0 bridgehead atoms. The predicted octanol–water partition coefficient (Wildman–Crippen LogP) is 6.88. The van der Waals surface area contributed by atoms with Gasteiger partial charge >= 0.3 is 0 Å². The van der Waals surface area contributed by atoms with Gasteiger partial charge in [-0.25, -0.2) is 0 Å². The largest absolute Gasteiger partial charge is 0.393 e. The number of carbonyl (C=O) groups excluding carboxylic acids is 1. The second kappa shape index (κ2) is 6.58. The van der Waals surface area contributed by atoms with Crippen LogP contribution in [0.1, 0.15) is 99.8 Å². The van der Waals surface area contributed by atoms with E-state index in [1.165, 1.54) is 24.0 Å². The highest BCUT2D eigenvalue weighted by molar-refractivity contribution is 5.98. The van der Waals surface area contributed by atoms with Crippen molar-refractivity contribution < 1.29 is 9.90 Å². The molecule has 0 aromatic carbocycles. The van der Waals surface area contributed by atoms with Crippen LogP contribution in [0, 0.1) is 45.3 Å². The molecule has 0 amide bonds. The first-order valence-electron chi connectivity index (χ1n) is 13.0. The molecule has 172 valence electrons. The van der Waals surface area contributed by atoms with Crippen molar-refractivity contribution >= 4 is 5.78 Å². The first-order chi connectivity index (χ1) is 14.4. The summed E-state index contributed by atoms with van der Waals surface area (Å²) in [5.41, 5.74) is 4.90. The summed E-state index contributed by atoms with van der Waals surface area (Å²) in [4.78, 5) is 13.0. The van der Waals surface area contributed by atoms with Crippen LogP contribution in [-0.4, -0.2) is 17.0 Å². The number of hydrogen-bond acceptors (Lipinski definition) is 2. The highest BCUT2D eigenvalue weighted by atomic mass is 16.3. The van der Waals surface area contributed by atoms with E-state index < -0.39 is 0 Å². The summed E-state index contributed by atoms with van der Waals surface area (Å²) in [5, 5.41) is 10.8. The molecular formula is C29H44O2. The van der Waals surface area contributed by atoms with Gasteiger partial charge in [0.1, 0.15) is 0 Å². The highest BCUT2D eigenvalue weighted by Crippen LogP contribution is 2.73. The van der Waals surface area contributed by atoms with Crippen molar-refractivity contribution in [2.45, 2.75) is 106 Å². The lowest BCUT2D eigenvalue weighted by atomic mass is 9.35. The Morgan fingerprint density at radius 3 is 2.39 bits per heavy atom. The summed E-state index contributed by atoms with van der Waals surface area (Å²) >= 11 is 0. The van der Waals surface area contributed by atoms with Gasteiger partial charge in [-0.05, 0) is 107 Å². The molecule has 0 spiro atoms. The predicted molar refractivity (Wildman–Crippen MR) is 126 cm³/mol. The summed E-state index contributed by atoms with van der Waals surface area (Å²) in [7, 11) is 0. The van der Waals surface area contributed by atoms with Crippen LogP contribution in [0.25, 0.3) is 0 Å². The van der Waals surface area contributed by atoms with Gasteiger partial charge in [0.2, 0.25) is 0 Å². The average Bonchev–Trinajstić information content (AvgIpc) is 2.69. The fraction of sp³-hybridized carbons (Fsp3) is 0.828. The number of hydrogen-bond donors (Lipinski definition) is 1. The molecule has 5 aliphatic carbocycles. The number of fused-ring (bicyclic) bond motifs is 6. The van der Waals surface area contributed by atoms with Crippen LogP contribution in [0.4, 0.5) is 0 Å². The van der Waals surface area contributed by atoms with Crippen LogP contribution < -0.4 is 0 Å². The topological polar surface area (TPSA) is 37.3 Å². The van der Waals surface area contributed by atoms with E-state index in [-0.39, 0.29) is 27.8 Å². The summed E-state index contributed by atoms with van der Waals surface area (Å²) in [6.07, 6.45) is 11.0. The van der Waals surface area contributed by atoms with Crippen LogP contribution >= 0.6 is 0 Å². The molecular weight excluding hydrogens is 380 g/mol. The van der Waals surface area contributed by atoms with Crippen molar-refractivity contribution in [2.75, 3.05) is 0 Å². The molecule has 0 aromatic heterocycles. The zero-order valence-electron chi connectivity index (χ0n) is 21.0. The maximum absolute atomic E-state index is 13.0. The molecule has 2 fully saturated rings. The quantitative estimate of drug-likeness (QED) is 0.460. The number of aliphatic hydroxyl groups excluding tert-OH is 1. The lowest BCUT2D eigenvalue weighted by molar-refractivity contribution is -0.195. The zero-order chi connectivity index (χ0) is 22.6. The van der Waals surface area contributed by atoms with Crippen molar-refractivity contribution in [2.24, 2.45) is 45.3 Å². The first kappa shape index (κ1) is 21.9. The van der Waals surface area contributed by atoms with Gasteiger partial charge in [-0.1, -0.05) is 54.5 Å². The van der Waals surface area contributed by atoms with Crippen molar-refractivity contribution in [1.82, 2.24) is 0 Å². The Morgan fingerprint density at radius 2 is 1.68 bits per heavy atom. The average molecular weight is 425 g/mol.